The second-order valence-electron chi connectivity index (χ2n) is 2.95. The van der Waals surface area contributed by atoms with Crippen molar-refractivity contribution in [3.05, 3.63) is 0 Å². The Kier molecular flexibility index (Phi) is 11.1. The Morgan fingerprint density at radius 3 is 1.81 bits per heavy atom. The van der Waals surface area contributed by atoms with Crippen molar-refractivity contribution in [2.75, 3.05) is 19.1 Å². The fourth-order valence-electron chi connectivity index (χ4n) is 1.01. The molecule has 0 aromatic heterocycles. The normalized spacial score (nSPS) is 11.9. The second kappa shape index (κ2) is 8.30. The molecular formula is C5H21N3O6P2. The van der Waals surface area contributed by atoms with E-state index in [1.54, 1.807) is 6.92 Å². The van der Waals surface area contributed by atoms with E-state index in [1.165, 1.54) is 0 Å². The van der Waals surface area contributed by atoms with E-state index in [0.29, 0.717) is 6.42 Å². The molecule has 0 aliphatic heterocycles. The Hall–Kier alpha value is 0.180. The number of rotatable bonds is 6. The molecule has 0 unspecified atom stereocenters. The molecule has 0 aromatic rings. The molecule has 0 bridgehead atoms. The molecule has 0 atom stereocenters. The summed E-state index contributed by atoms with van der Waals surface area (Å²) in [4.78, 5) is 38.9. The van der Waals surface area contributed by atoms with Crippen molar-refractivity contribution in [3.63, 3.8) is 0 Å². The molecule has 102 valence electrons. The maximum atomic E-state index is 10.6. The van der Waals surface area contributed by atoms with Gasteiger partial charge in [-0.25, -0.2) is 0 Å². The number of nitrogens with zero attached hydrogens (tertiary/aromatic N) is 1. The van der Waals surface area contributed by atoms with Crippen LogP contribution in [-0.2, 0) is 9.13 Å². The van der Waals surface area contributed by atoms with Crippen LogP contribution in [0.4, 0.5) is 0 Å². The van der Waals surface area contributed by atoms with Crippen molar-refractivity contribution in [2.24, 2.45) is 0 Å². The highest BCUT2D eigenvalue weighted by Gasteiger charge is 2.18. The molecule has 16 heavy (non-hydrogen) atoms. The molecule has 0 saturated heterocycles. The van der Waals surface area contributed by atoms with Crippen molar-refractivity contribution in [1.82, 2.24) is 17.2 Å². The third kappa shape index (κ3) is 14.2. The molecule has 0 amide bonds. The van der Waals surface area contributed by atoms with E-state index >= 15 is 0 Å². The maximum absolute atomic E-state index is 10.6. The van der Waals surface area contributed by atoms with Crippen LogP contribution in [-0.4, -0.2) is 33.8 Å². The molecule has 0 fully saturated rings. The van der Waals surface area contributed by atoms with Crippen LogP contribution in [0.2, 0.25) is 0 Å². The standard InChI is InChI=1S/C5H15NO6P2.2H3N/c1-2-3-6(4-13(7,8)9)5-14(10,11)12;;/h2-5H2,1H3,(H2,7,8,9)(H2,10,11,12);2*1H3. The van der Waals surface area contributed by atoms with Crippen LogP contribution in [0, 0.1) is 0 Å². The Balaban J connectivity index is -0.000000845. The molecule has 0 radical (unpaired) electrons. The molecular weight excluding hydrogens is 260 g/mol. The molecule has 0 saturated carbocycles. The molecule has 9 nitrogen and oxygen atoms in total. The Bertz CT molecular complexity index is 239. The van der Waals surface area contributed by atoms with Crippen LogP contribution in [0.1, 0.15) is 13.3 Å². The summed E-state index contributed by atoms with van der Waals surface area (Å²) in [5.74, 6) is 0. The van der Waals surface area contributed by atoms with Crippen LogP contribution in [0.5, 0.6) is 0 Å². The first-order valence-electron chi connectivity index (χ1n) is 3.92. The summed E-state index contributed by atoms with van der Waals surface area (Å²) in [6.45, 7) is 1.88. The summed E-state index contributed by atoms with van der Waals surface area (Å²) in [5, 5.41) is 0. The molecule has 0 aliphatic carbocycles. The molecule has 0 aliphatic rings. The summed E-state index contributed by atoms with van der Waals surface area (Å²) in [5.41, 5.74) is 0. The van der Waals surface area contributed by atoms with Crippen molar-refractivity contribution in [2.45, 2.75) is 13.3 Å². The fraction of sp³-hybridized carbons (Fsp3) is 1.00. The number of hydrogen-bond acceptors (Lipinski definition) is 5. The van der Waals surface area contributed by atoms with Gasteiger partial charge in [0.25, 0.3) is 0 Å². The lowest BCUT2D eigenvalue weighted by Crippen LogP contribution is -2.32. The van der Waals surface area contributed by atoms with Gasteiger partial charge in [-0.15, -0.1) is 0 Å². The van der Waals surface area contributed by atoms with Crippen molar-refractivity contribution >= 4 is 15.2 Å². The third-order valence-corrected chi connectivity index (χ3v) is 2.81. The first-order chi connectivity index (χ1) is 6.14. The summed E-state index contributed by atoms with van der Waals surface area (Å²) in [7, 11) is -9.07. The van der Waals surface area contributed by atoms with E-state index in [1.807, 2.05) is 0 Å². The zero-order valence-corrected chi connectivity index (χ0v) is 11.5. The summed E-state index contributed by atoms with van der Waals surface area (Å²) < 4.78 is 20.9. The van der Waals surface area contributed by atoms with Gasteiger partial charge in [0.2, 0.25) is 0 Å². The second-order valence-corrected chi connectivity index (χ2v) is 6.07. The van der Waals surface area contributed by atoms with Gasteiger partial charge in [0, 0.05) is 6.29 Å². The summed E-state index contributed by atoms with van der Waals surface area (Å²) in [6, 6.07) is 0. The minimum atomic E-state index is -4.76. The Morgan fingerprint density at radius 2 is 1.56 bits per heavy atom. The minimum Gasteiger partial charge on any atom is -0.810 e. The predicted molar refractivity (Wildman–Crippen MR) is 58.4 cm³/mol. The van der Waals surface area contributed by atoms with Gasteiger partial charge in [-0.3, -0.25) is 9.46 Å². The first kappa shape index (κ1) is 21.5. The molecule has 0 heterocycles. The molecule has 11 heteroatoms. The molecule has 0 spiro atoms. The van der Waals surface area contributed by atoms with Gasteiger partial charge in [-0.1, -0.05) is 14.5 Å². The SMILES string of the molecule is CCCN(CP(=O)([O-])[O-])CP(=O)(O)O.[NH4+].[NH4+]. The van der Waals surface area contributed by atoms with Crippen LogP contribution in [0.25, 0.3) is 0 Å². The highest BCUT2D eigenvalue weighted by molar-refractivity contribution is 7.51. The lowest BCUT2D eigenvalue weighted by molar-refractivity contribution is -0.315. The molecule has 0 rings (SSSR count). The lowest BCUT2D eigenvalue weighted by Gasteiger charge is -2.35. The van der Waals surface area contributed by atoms with Gasteiger partial charge in [-0.2, -0.15) is 0 Å². The smallest absolute Gasteiger partial charge is 0.339 e. The molecule has 0 aromatic carbocycles. The van der Waals surface area contributed by atoms with Crippen molar-refractivity contribution in [1.29, 1.82) is 0 Å². The minimum absolute atomic E-state index is 0. The topological polar surface area (TPSA) is 197 Å². The fourth-order valence-corrected chi connectivity index (χ4v) is 2.66. The van der Waals surface area contributed by atoms with Crippen LogP contribution >= 0.6 is 15.2 Å². The quantitative estimate of drug-likeness (QED) is 0.468. The Morgan fingerprint density at radius 1 is 1.12 bits per heavy atom. The van der Waals surface area contributed by atoms with Crippen LogP contribution in [0.15, 0.2) is 0 Å². The number of hydrogen-bond donors (Lipinski definition) is 4. The van der Waals surface area contributed by atoms with E-state index in [0.717, 1.165) is 4.90 Å². The van der Waals surface area contributed by atoms with Crippen molar-refractivity contribution in [3.8, 4) is 0 Å². The zero-order chi connectivity index (χ0) is 11.4. The van der Waals surface area contributed by atoms with Gasteiger partial charge < -0.3 is 36.4 Å². The van der Waals surface area contributed by atoms with Gasteiger partial charge in [0.15, 0.2) is 0 Å². The van der Waals surface area contributed by atoms with Gasteiger partial charge >= 0.3 is 7.60 Å². The monoisotopic (exact) mass is 281 g/mol. The zero-order valence-electron chi connectivity index (χ0n) is 9.70. The number of quaternary nitrogens is 2. The average Bonchev–Trinajstić information content (AvgIpc) is 1.78. The average molecular weight is 281 g/mol. The van der Waals surface area contributed by atoms with Gasteiger partial charge in [-0.05, 0) is 13.0 Å². The van der Waals surface area contributed by atoms with E-state index < -0.39 is 27.8 Å². The summed E-state index contributed by atoms with van der Waals surface area (Å²) in [6.07, 6.45) is -1.03. The summed E-state index contributed by atoms with van der Waals surface area (Å²) >= 11 is 0. The van der Waals surface area contributed by atoms with E-state index in [9.17, 15) is 18.9 Å². The van der Waals surface area contributed by atoms with Crippen LogP contribution < -0.4 is 22.1 Å². The Labute approximate surface area is 94.3 Å². The highest BCUT2D eigenvalue weighted by Crippen LogP contribution is 2.37. The third-order valence-electron chi connectivity index (χ3n) is 1.30. The first-order valence-corrected chi connectivity index (χ1v) is 7.44. The highest BCUT2D eigenvalue weighted by atomic mass is 31.2. The molecule has 10 N–H and O–H groups in total. The van der Waals surface area contributed by atoms with E-state index in [-0.39, 0.29) is 18.8 Å². The predicted octanol–water partition coefficient (Wildman–Crippen LogP) is -0.543. The van der Waals surface area contributed by atoms with Gasteiger partial charge in [0.1, 0.15) is 6.29 Å². The largest absolute Gasteiger partial charge is 0.810 e. The van der Waals surface area contributed by atoms with Gasteiger partial charge in [0.05, 0.1) is 0 Å². The van der Waals surface area contributed by atoms with Crippen LogP contribution in [0.3, 0.4) is 0 Å². The van der Waals surface area contributed by atoms with E-state index in [4.69, 9.17) is 9.79 Å². The van der Waals surface area contributed by atoms with E-state index in [2.05, 4.69) is 0 Å². The maximum Gasteiger partial charge on any atom is 0.339 e. The lowest BCUT2D eigenvalue weighted by atomic mass is 10.5. The van der Waals surface area contributed by atoms with Crippen molar-refractivity contribution < 1.29 is 28.7 Å².